The molecule has 4 rings (SSSR count). The van der Waals surface area contributed by atoms with Crippen LogP contribution in [0.15, 0.2) is 54.6 Å². The van der Waals surface area contributed by atoms with Gasteiger partial charge >= 0.3 is 5.97 Å². The van der Waals surface area contributed by atoms with E-state index in [1.807, 2.05) is 38.1 Å². The molecule has 0 aliphatic carbocycles. The third-order valence-corrected chi connectivity index (χ3v) is 5.38. The van der Waals surface area contributed by atoms with Crippen molar-refractivity contribution in [3.8, 4) is 16.3 Å². The number of benzene rings is 2. The van der Waals surface area contributed by atoms with Gasteiger partial charge in [-0.15, -0.1) is 11.3 Å². The van der Waals surface area contributed by atoms with Crippen molar-refractivity contribution in [1.29, 1.82) is 0 Å². The first-order chi connectivity index (χ1) is 12.0. The SMILES string of the molecule is Cc1cc(-c2nc3ccccc3s2)c(C)n1-c1cccc(C(=O)O)c1. The molecular formula is C20H16N2O2S. The summed E-state index contributed by atoms with van der Waals surface area (Å²) in [7, 11) is 0. The molecule has 2 aromatic carbocycles. The van der Waals surface area contributed by atoms with Crippen molar-refractivity contribution in [2.75, 3.05) is 0 Å². The fourth-order valence-corrected chi connectivity index (χ4v) is 4.18. The Kier molecular flexibility index (Phi) is 3.66. The van der Waals surface area contributed by atoms with Crippen LogP contribution in [-0.2, 0) is 0 Å². The molecular weight excluding hydrogens is 332 g/mol. The Bertz CT molecular complexity index is 1080. The lowest BCUT2D eigenvalue weighted by molar-refractivity contribution is 0.0697. The number of nitrogens with zero attached hydrogens (tertiary/aromatic N) is 2. The number of aromatic nitrogens is 2. The van der Waals surface area contributed by atoms with E-state index in [0.29, 0.717) is 0 Å². The molecule has 4 nitrogen and oxygen atoms in total. The molecule has 1 N–H and O–H groups in total. The van der Waals surface area contributed by atoms with E-state index < -0.39 is 5.97 Å². The van der Waals surface area contributed by atoms with Crippen LogP contribution in [0.2, 0.25) is 0 Å². The number of thiazole rings is 1. The molecule has 2 heterocycles. The van der Waals surface area contributed by atoms with E-state index in [9.17, 15) is 9.90 Å². The number of aryl methyl sites for hydroxylation is 1. The van der Waals surface area contributed by atoms with Gasteiger partial charge in [0.2, 0.25) is 0 Å². The molecule has 0 amide bonds. The maximum absolute atomic E-state index is 11.3. The summed E-state index contributed by atoms with van der Waals surface area (Å²) in [6.07, 6.45) is 0. The maximum Gasteiger partial charge on any atom is 0.335 e. The molecule has 124 valence electrons. The second kappa shape index (κ2) is 5.86. The molecule has 0 atom stereocenters. The number of aromatic carboxylic acids is 1. The fraction of sp³-hybridized carbons (Fsp3) is 0.100. The summed E-state index contributed by atoms with van der Waals surface area (Å²) < 4.78 is 3.24. The van der Waals surface area contributed by atoms with Gasteiger partial charge < -0.3 is 9.67 Å². The van der Waals surface area contributed by atoms with Gasteiger partial charge in [-0.1, -0.05) is 18.2 Å². The van der Waals surface area contributed by atoms with Gasteiger partial charge in [0.25, 0.3) is 0 Å². The van der Waals surface area contributed by atoms with Crippen molar-refractivity contribution >= 4 is 27.5 Å². The number of para-hydroxylation sites is 1. The first kappa shape index (κ1) is 15.6. The number of carboxylic acid groups (broad SMARTS) is 1. The molecule has 0 fully saturated rings. The van der Waals surface area contributed by atoms with Crippen molar-refractivity contribution < 1.29 is 9.90 Å². The fourth-order valence-electron chi connectivity index (χ4n) is 3.14. The number of fused-ring (bicyclic) bond motifs is 1. The third-order valence-electron chi connectivity index (χ3n) is 4.31. The molecule has 0 aliphatic rings. The second-order valence-corrected chi connectivity index (χ2v) is 6.99. The van der Waals surface area contributed by atoms with Crippen molar-refractivity contribution in [3.63, 3.8) is 0 Å². The van der Waals surface area contributed by atoms with Gasteiger partial charge in [0.1, 0.15) is 5.01 Å². The Balaban J connectivity index is 1.87. The van der Waals surface area contributed by atoms with E-state index in [0.717, 1.165) is 37.9 Å². The lowest BCUT2D eigenvalue weighted by Gasteiger charge is -2.10. The second-order valence-electron chi connectivity index (χ2n) is 5.96. The number of carboxylic acids is 1. The maximum atomic E-state index is 11.3. The summed E-state index contributed by atoms with van der Waals surface area (Å²) in [5.74, 6) is -0.921. The molecule has 0 spiro atoms. The van der Waals surface area contributed by atoms with Crippen molar-refractivity contribution in [2.24, 2.45) is 0 Å². The average molecular weight is 348 g/mol. The van der Waals surface area contributed by atoms with Gasteiger partial charge in [-0.2, -0.15) is 0 Å². The van der Waals surface area contributed by atoms with E-state index in [1.54, 1.807) is 29.5 Å². The first-order valence-electron chi connectivity index (χ1n) is 7.93. The molecule has 0 bridgehead atoms. The Labute approximate surface area is 149 Å². The molecule has 0 radical (unpaired) electrons. The van der Waals surface area contributed by atoms with Gasteiger partial charge in [0, 0.05) is 22.6 Å². The topological polar surface area (TPSA) is 55.1 Å². The highest BCUT2D eigenvalue weighted by Crippen LogP contribution is 2.34. The van der Waals surface area contributed by atoms with Crippen LogP contribution in [0, 0.1) is 13.8 Å². The highest BCUT2D eigenvalue weighted by molar-refractivity contribution is 7.21. The zero-order chi connectivity index (χ0) is 17.6. The van der Waals surface area contributed by atoms with Gasteiger partial charge in [0.05, 0.1) is 15.8 Å². The molecule has 0 aliphatic heterocycles. The molecule has 2 aromatic heterocycles. The predicted octanol–water partition coefficient (Wildman–Crippen LogP) is 5.07. The van der Waals surface area contributed by atoms with Crippen molar-refractivity contribution in [3.05, 3.63) is 71.5 Å². The van der Waals surface area contributed by atoms with E-state index >= 15 is 0 Å². The minimum Gasteiger partial charge on any atom is -0.478 e. The molecule has 25 heavy (non-hydrogen) atoms. The van der Waals surface area contributed by atoms with E-state index in [2.05, 4.69) is 16.7 Å². The molecule has 0 saturated carbocycles. The number of hydrogen-bond donors (Lipinski definition) is 1. The Morgan fingerprint density at radius 3 is 2.64 bits per heavy atom. The minimum absolute atomic E-state index is 0.284. The van der Waals surface area contributed by atoms with E-state index in [4.69, 9.17) is 4.98 Å². The number of rotatable bonds is 3. The zero-order valence-electron chi connectivity index (χ0n) is 13.9. The highest BCUT2D eigenvalue weighted by atomic mass is 32.1. The van der Waals surface area contributed by atoms with Crippen LogP contribution in [0.1, 0.15) is 21.7 Å². The van der Waals surface area contributed by atoms with Crippen LogP contribution in [0.5, 0.6) is 0 Å². The normalized spacial score (nSPS) is 11.1. The van der Waals surface area contributed by atoms with Crippen LogP contribution in [0.4, 0.5) is 0 Å². The Morgan fingerprint density at radius 2 is 1.88 bits per heavy atom. The van der Waals surface area contributed by atoms with Crippen LogP contribution in [-0.4, -0.2) is 20.6 Å². The van der Waals surface area contributed by atoms with E-state index in [1.165, 1.54) is 0 Å². The number of carbonyl (C=O) groups is 1. The van der Waals surface area contributed by atoms with Gasteiger partial charge in [-0.3, -0.25) is 0 Å². The van der Waals surface area contributed by atoms with Crippen molar-refractivity contribution in [1.82, 2.24) is 9.55 Å². The predicted molar refractivity (Wildman–Crippen MR) is 101 cm³/mol. The van der Waals surface area contributed by atoms with Gasteiger partial charge in [-0.25, -0.2) is 9.78 Å². The zero-order valence-corrected chi connectivity index (χ0v) is 14.7. The minimum atomic E-state index is -0.921. The Hall–Kier alpha value is -2.92. The summed E-state index contributed by atoms with van der Waals surface area (Å²) in [6.45, 7) is 4.07. The van der Waals surface area contributed by atoms with Crippen LogP contribution in [0.3, 0.4) is 0 Å². The standard InChI is InChI=1S/C20H16N2O2S/c1-12-10-16(19-21-17-8-3-4-9-18(17)25-19)13(2)22(12)15-7-5-6-14(11-15)20(23)24/h3-11H,1-2H3,(H,23,24). The smallest absolute Gasteiger partial charge is 0.335 e. The Morgan fingerprint density at radius 1 is 1.08 bits per heavy atom. The van der Waals surface area contributed by atoms with Crippen LogP contribution >= 0.6 is 11.3 Å². The molecule has 4 aromatic rings. The lowest BCUT2D eigenvalue weighted by atomic mass is 10.2. The summed E-state index contributed by atoms with van der Waals surface area (Å²) >= 11 is 1.67. The molecule has 0 unspecified atom stereocenters. The average Bonchev–Trinajstić information content (AvgIpc) is 3.15. The molecule has 5 heteroatoms. The summed E-state index contributed by atoms with van der Waals surface area (Å²) in [5, 5.41) is 10.2. The van der Waals surface area contributed by atoms with Crippen LogP contribution < -0.4 is 0 Å². The quantitative estimate of drug-likeness (QED) is 0.562. The monoisotopic (exact) mass is 348 g/mol. The number of hydrogen-bond acceptors (Lipinski definition) is 3. The third kappa shape index (κ3) is 2.62. The van der Waals surface area contributed by atoms with Gasteiger partial charge in [-0.05, 0) is 50.2 Å². The summed E-state index contributed by atoms with van der Waals surface area (Å²) in [4.78, 5) is 16.0. The molecule has 0 saturated heterocycles. The summed E-state index contributed by atoms with van der Waals surface area (Å²) in [5.41, 5.74) is 5.32. The van der Waals surface area contributed by atoms with Gasteiger partial charge in [0.15, 0.2) is 0 Å². The van der Waals surface area contributed by atoms with E-state index in [-0.39, 0.29) is 5.56 Å². The summed E-state index contributed by atoms with van der Waals surface area (Å²) in [6, 6.07) is 17.2. The van der Waals surface area contributed by atoms with Crippen molar-refractivity contribution in [2.45, 2.75) is 13.8 Å². The van der Waals surface area contributed by atoms with Crippen LogP contribution in [0.25, 0.3) is 26.5 Å². The highest BCUT2D eigenvalue weighted by Gasteiger charge is 2.16. The first-order valence-corrected chi connectivity index (χ1v) is 8.75. The largest absolute Gasteiger partial charge is 0.478 e. The lowest BCUT2D eigenvalue weighted by Crippen LogP contribution is -2.02.